The maximum Gasteiger partial charge on any atom is 0.243 e. The van der Waals surface area contributed by atoms with Crippen LogP contribution in [0.1, 0.15) is 28.4 Å². The number of aryl methyl sites for hydroxylation is 1. The lowest BCUT2D eigenvalue weighted by atomic mass is 10.1. The number of Topliss-reactive ketones (excluding diaryl/α,β-unsaturated/α-hetero) is 1. The Hall–Kier alpha value is -2.62. The highest BCUT2D eigenvalue weighted by Crippen LogP contribution is 2.18. The van der Waals surface area contributed by atoms with Gasteiger partial charge in [0.1, 0.15) is 0 Å². The molecule has 0 aliphatic carbocycles. The van der Waals surface area contributed by atoms with E-state index in [0.29, 0.717) is 11.3 Å². The second-order valence-corrected chi connectivity index (χ2v) is 5.25. The third kappa shape index (κ3) is 3.73. The first-order valence-corrected chi connectivity index (χ1v) is 7.19. The lowest BCUT2D eigenvalue weighted by Gasteiger charge is -2.12. The SMILES string of the molecule is CC(=O)c1ccccc1NCC(=O)Nc1cccc(C)c1C. The number of nitrogens with one attached hydrogen (secondary N) is 2. The molecule has 114 valence electrons. The van der Waals surface area contributed by atoms with Crippen molar-refractivity contribution in [3.63, 3.8) is 0 Å². The van der Waals surface area contributed by atoms with E-state index >= 15 is 0 Å². The molecule has 0 aliphatic heterocycles. The molecule has 0 heterocycles. The standard InChI is InChI=1S/C18H20N2O2/c1-12-7-6-10-16(13(12)2)20-18(22)11-19-17-9-5-4-8-15(17)14(3)21/h4-10,19H,11H2,1-3H3,(H,20,22). The van der Waals surface area contributed by atoms with E-state index in [0.717, 1.165) is 16.8 Å². The van der Waals surface area contributed by atoms with Gasteiger partial charge in [-0.15, -0.1) is 0 Å². The molecule has 1 amide bonds. The molecular weight excluding hydrogens is 276 g/mol. The highest BCUT2D eigenvalue weighted by molar-refractivity contribution is 6.00. The number of rotatable bonds is 5. The van der Waals surface area contributed by atoms with Crippen molar-refractivity contribution in [1.82, 2.24) is 0 Å². The maximum absolute atomic E-state index is 12.1. The molecule has 0 fully saturated rings. The van der Waals surface area contributed by atoms with Gasteiger partial charge in [0, 0.05) is 16.9 Å². The summed E-state index contributed by atoms with van der Waals surface area (Å²) in [6.45, 7) is 5.60. The fourth-order valence-electron chi connectivity index (χ4n) is 2.20. The van der Waals surface area contributed by atoms with Crippen LogP contribution in [-0.2, 0) is 4.79 Å². The van der Waals surface area contributed by atoms with E-state index in [1.807, 2.05) is 38.1 Å². The molecule has 0 atom stereocenters. The van der Waals surface area contributed by atoms with E-state index in [1.165, 1.54) is 6.92 Å². The van der Waals surface area contributed by atoms with Gasteiger partial charge in [-0.25, -0.2) is 0 Å². The van der Waals surface area contributed by atoms with Crippen LogP contribution in [0.3, 0.4) is 0 Å². The highest BCUT2D eigenvalue weighted by Gasteiger charge is 2.09. The zero-order chi connectivity index (χ0) is 16.1. The lowest BCUT2D eigenvalue weighted by Crippen LogP contribution is -2.23. The summed E-state index contributed by atoms with van der Waals surface area (Å²) in [5.74, 6) is -0.176. The summed E-state index contributed by atoms with van der Waals surface area (Å²) >= 11 is 0. The molecule has 0 aromatic heterocycles. The quantitative estimate of drug-likeness (QED) is 0.829. The number of anilines is 2. The minimum atomic E-state index is -0.146. The molecule has 2 aromatic carbocycles. The molecule has 0 bridgehead atoms. The lowest BCUT2D eigenvalue weighted by molar-refractivity contribution is -0.114. The summed E-state index contributed by atoms with van der Waals surface area (Å²) in [6, 6.07) is 13.0. The Labute approximate surface area is 130 Å². The van der Waals surface area contributed by atoms with Crippen molar-refractivity contribution in [3.05, 3.63) is 59.2 Å². The van der Waals surface area contributed by atoms with Crippen LogP contribution in [-0.4, -0.2) is 18.2 Å². The van der Waals surface area contributed by atoms with Crippen molar-refractivity contribution in [2.75, 3.05) is 17.2 Å². The van der Waals surface area contributed by atoms with E-state index in [4.69, 9.17) is 0 Å². The van der Waals surface area contributed by atoms with Gasteiger partial charge in [-0.3, -0.25) is 9.59 Å². The van der Waals surface area contributed by atoms with E-state index in [1.54, 1.807) is 18.2 Å². The molecule has 22 heavy (non-hydrogen) atoms. The largest absolute Gasteiger partial charge is 0.376 e. The predicted octanol–water partition coefficient (Wildman–Crippen LogP) is 3.56. The van der Waals surface area contributed by atoms with Crippen LogP contribution in [0, 0.1) is 13.8 Å². The second-order valence-electron chi connectivity index (χ2n) is 5.25. The molecule has 0 saturated carbocycles. The number of amides is 1. The summed E-state index contributed by atoms with van der Waals surface area (Å²) in [5.41, 5.74) is 4.26. The fraction of sp³-hybridized carbons (Fsp3) is 0.222. The second kappa shape index (κ2) is 6.89. The average Bonchev–Trinajstić information content (AvgIpc) is 2.50. The van der Waals surface area contributed by atoms with Crippen LogP contribution in [0.25, 0.3) is 0 Å². The topological polar surface area (TPSA) is 58.2 Å². The van der Waals surface area contributed by atoms with E-state index in [9.17, 15) is 9.59 Å². The van der Waals surface area contributed by atoms with E-state index in [2.05, 4.69) is 10.6 Å². The summed E-state index contributed by atoms with van der Waals surface area (Å²) < 4.78 is 0. The van der Waals surface area contributed by atoms with Crippen LogP contribution in [0.2, 0.25) is 0 Å². The van der Waals surface area contributed by atoms with Gasteiger partial charge in [-0.05, 0) is 50.1 Å². The summed E-state index contributed by atoms with van der Waals surface area (Å²) in [6.07, 6.45) is 0. The molecular formula is C18H20N2O2. The molecule has 4 nitrogen and oxygen atoms in total. The summed E-state index contributed by atoms with van der Waals surface area (Å²) in [5, 5.41) is 5.90. The van der Waals surface area contributed by atoms with E-state index < -0.39 is 0 Å². The van der Waals surface area contributed by atoms with Gasteiger partial charge in [0.25, 0.3) is 0 Å². The molecule has 0 unspecified atom stereocenters. The number of ketones is 1. The van der Waals surface area contributed by atoms with Gasteiger partial charge >= 0.3 is 0 Å². The number of hydrogen-bond acceptors (Lipinski definition) is 3. The summed E-state index contributed by atoms with van der Waals surface area (Å²) in [7, 11) is 0. The highest BCUT2D eigenvalue weighted by atomic mass is 16.2. The minimum absolute atomic E-state index is 0.0296. The van der Waals surface area contributed by atoms with Crippen LogP contribution in [0.4, 0.5) is 11.4 Å². The Balaban J connectivity index is 2.02. The van der Waals surface area contributed by atoms with Crippen molar-refractivity contribution < 1.29 is 9.59 Å². The number of benzene rings is 2. The van der Waals surface area contributed by atoms with Gasteiger partial charge in [0.2, 0.25) is 5.91 Å². The Morgan fingerprint density at radius 3 is 2.36 bits per heavy atom. The van der Waals surface area contributed by atoms with Gasteiger partial charge in [0.05, 0.1) is 6.54 Å². The van der Waals surface area contributed by atoms with E-state index in [-0.39, 0.29) is 18.2 Å². The zero-order valence-corrected chi connectivity index (χ0v) is 13.1. The Bertz CT molecular complexity index is 708. The Morgan fingerprint density at radius 1 is 0.955 bits per heavy atom. The average molecular weight is 296 g/mol. The van der Waals surface area contributed by atoms with Crippen molar-refractivity contribution in [1.29, 1.82) is 0 Å². The Morgan fingerprint density at radius 2 is 1.64 bits per heavy atom. The zero-order valence-electron chi connectivity index (χ0n) is 13.1. The molecule has 2 N–H and O–H groups in total. The maximum atomic E-state index is 12.1. The number of hydrogen-bond donors (Lipinski definition) is 2. The van der Waals surface area contributed by atoms with Crippen molar-refractivity contribution in [3.8, 4) is 0 Å². The predicted molar refractivity (Wildman–Crippen MR) is 89.5 cm³/mol. The number of carbonyl (C=O) groups excluding carboxylic acids is 2. The van der Waals surface area contributed by atoms with Gasteiger partial charge < -0.3 is 10.6 Å². The molecule has 0 aliphatic rings. The third-order valence-electron chi connectivity index (χ3n) is 3.62. The minimum Gasteiger partial charge on any atom is -0.376 e. The first-order chi connectivity index (χ1) is 10.5. The molecule has 4 heteroatoms. The number of carbonyl (C=O) groups is 2. The molecule has 0 saturated heterocycles. The van der Waals surface area contributed by atoms with Crippen molar-refractivity contribution in [2.45, 2.75) is 20.8 Å². The molecule has 0 radical (unpaired) electrons. The van der Waals surface area contributed by atoms with Crippen LogP contribution < -0.4 is 10.6 Å². The van der Waals surface area contributed by atoms with Gasteiger partial charge in [0.15, 0.2) is 5.78 Å². The van der Waals surface area contributed by atoms with Crippen LogP contribution in [0.15, 0.2) is 42.5 Å². The summed E-state index contributed by atoms with van der Waals surface area (Å²) in [4.78, 5) is 23.6. The van der Waals surface area contributed by atoms with Gasteiger partial charge in [-0.2, -0.15) is 0 Å². The Kier molecular flexibility index (Phi) is 4.94. The first kappa shape index (κ1) is 15.8. The fourth-order valence-corrected chi connectivity index (χ4v) is 2.20. The number of para-hydroxylation sites is 1. The van der Waals surface area contributed by atoms with Crippen LogP contribution in [0.5, 0.6) is 0 Å². The molecule has 2 rings (SSSR count). The first-order valence-electron chi connectivity index (χ1n) is 7.19. The van der Waals surface area contributed by atoms with Crippen molar-refractivity contribution >= 4 is 23.1 Å². The molecule has 0 spiro atoms. The third-order valence-corrected chi connectivity index (χ3v) is 3.62. The smallest absolute Gasteiger partial charge is 0.243 e. The van der Waals surface area contributed by atoms with Crippen molar-refractivity contribution in [2.24, 2.45) is 0 Å². The monoisotopic (exact) mass is 296 g/mol. The normalized spacial score (nSPS) is 10.1. The van der Waals surface area contributed by atoms with Gasteiger partial charge in [-0.1, -0.05) is 24.3 Å². The molecule has 2 aromatic rings. The van der Waals surface area contributed by atoms with Crippen LogP contribution >= 0.6 is 0 Å².